The summed E-state index contributed by atoms with van der Waals surface area (Å²) in [7, 11) is 1.53. The Morgan fingerprint density at radius 1 is 0.909 bits per heavy atom. The van der Waals surface area contributed by atoms with E-state index in [9.17, 15) is 14.4 Å². The molecule has 3 amide bonds. The maximum atomic E-state index is 13.0. The zero-order valence-corrected chi connectivity index (χ0v) is 18.5. The topological polar surface area (TPSA) is 87.7 Å². The van der Waals surface area contributed by atoms with Gasteiger partial charge in [-0.2, -0.15) is 0 Å². The van der Waals surface area contributed by atoms with Gasteiger partial charge >= 0.3 is 0 Å². The van der Waals surface area contributed by atoms with Crippen LogP contribution in [0.2, 0.25) is 0 Å². The highest BCUT2D eigenvalue weighted by Gasteiger charge is 2.35. The molecule has 0 spiro atoms. The van der Waals surface area contributed by atoms with Crippen LogP contribution >= 0.6 is 0 Å². The van der Waals surface area contributed by atoms with Crippen LogP contribution in [-0.4, -0.2) is 31.4 Å². The molecule has 7 heteroatoms. The molecule has 33 heavy (non-hydrogen) atoms. The van der Waals surface area contributed by atoms with E-state index in [0.717, 1.165) is 11.3 Å². The fraction of sp³-hybridized carbons (Fsp3) is 0.192. The number of hydrogen-bond donors (Lipinski definition) is 2. The zero-order chi connectivity index (χ0) is 23.4. The minimum Gasteiger partial charge on any atom is -0.495 e. The number of rotatable bonds is 6. The maximum Gasteiger partial charge on any atom is 0.257 e. The van der Waals surface area contributed by atoms with Gasteiger partial charge in [-0.1, -0.05) is 42.0 Å². The summed E-state index contributed by atoms with van der Waals surface area (Å²) in [4.78, 5) is 40.1. The summed E-state index contributed by atoms with van der Waals surface area (Å²) >= 11 is 0. The molecule has 1 saturated heterocycles. The molecule has 3 aromatic carbocycles. The van der Waals surface area contributed by atoms with Crippen molar-refractivity contribution in [1.82, 2.24) is 0 Å². The second-order valence-electron chi connectivity index (χ2n) is 7.93. The van der Waals surface area contributed by atoms with Crippen molar-refractivity contribution in [2.75, 3.05) is 29.2 Å². The van der Waals surface area contributed by atoms with Crippen LogP contribution < -0.4 is 20.3 Å². The first-order chi connectivity index (χ1) is 16.0. The predicted octanol–water partition coefficient (Wildman–Crippen LogP) is 4.25. The van der Waals surface area contributed by atoms with Crippen LogP contribution in [0.5, 0.6) is 5.75 Å². The highest BCUT2D eigenvalue weighted by Crippen LogP contribution is 2.28. The second kappa shape index (κ2) is 9.56. The zero-order valence-electron chi connectivity index (χ0n) is 18.5. The Morgan fingerprint density at radius 3 is 2.30 bits per heavy atom. The Kier molecular flexibility index (Phi) is 6.40. The van der Waals surface area contributed by atoms with Gasteiger partial charge < -0.3 is 20.3 Å². The molecular formula is C26H25N3O4. The Hall–Kier alpha value is -4.13. The van der Waals surface area contributed by atoms with Crippen LogP contribution in [0.15, 0.2) is 72.8 Å². The maximum absolute atomic E-state index is 13.0. The molecule has 0 aliphatic carbocycles. The van der Waals surface area contributed by atoms with Crippen molar-refractivity contribution < 1.29 is 19.1 Å². The van der Waals surface area contributed by atoms with E-state index < -0.39 is 5.92 Å². The molecule has 0 bridgehead atoms. The third-order valence-electron chi connectivity index (χ3n) is 5.63. The molecule has 0 aromatic heterocycles. The number of anilines is 3. The number of nitrogens with one attached hydrogen (secondary N) is 2. The number of hydrogen-bond acceptors (Lipinski definition) is 4. The minimum absolute atomic E-state index is 0.0961. The van der Waals surface area contributed by atoms with Gasteiger partial charge in [0.2, 0.25) is 11.8 Å². The number of nitrogens with zero attached hydrogens (tertiary/aromatic N) is 1. The Morgan fingerprint density at radius 2 is 1.58 bits per heavy atom. The molecule has 2 N–H and O–H groups in total. The van der Waals surface area contributed by atoms with Crippen molar-refractivity contribution >= 4 is 34.8 Å². The SMILES string of the molecule is COc1ccccc1NC(=O)c1ccccc1NC(=O)[C@@H]1CC(=O)N(c2ccc(C)cc2)C1. The van der Waals surface area contributed by atoms with Crippen LogP contribution in [-0.2, 0) is 9.59 Å². The lowest BCUT2D eigenvalue weighted by Gasteiger charge is -2.17. The summed E-state index contributed by atoms with van der Waals surface area (Å²) < 4.78 is 5.29. The first-order valence-electron chi connectivity index (χ1n) is 10.7. The lowest BCUT2D eigenvalue weighted by Crippen LogP contribution is -2.28. The van der Waals surface area contributed by atoms with E-state index in [1.54, 1.807) is 47.4 Å². The van der Waals surface area contributed by atoms with Gasteiger partial charge in [0, 0.05) is 18.7 Å². The third kappa shape index (κ3) is 4.87. The van der Waals surface area contributed by atoms with Crippen molar-refractivity contribution in [2.24, 2.45) is 5.92 Å². The summed E-state index contributed by atoms with van der Waals surface area (Å²) in [5, 5.41) is 5.66. The summed E-state index contributed by atoms with van der Waals surface area (Å²) in [6.45, 7) is 2.27. The van der Waals surface area contributed by atoms with Gasteiger partial charge in [0.15, 0.2) is 0 Å². The number of carbonyl (C=O) groups excluding carboxylic acids is 3. The van der Waals surface area contributed by atoms with Gasteiger partial charge in [-0.3, -0.25) is 14.4 Å². The van der Waals surface area contributed by atoms with Crippen LogP contribution in [0.1, 0.15) is 22.3 Å². The molecule has 4 rings (SSSR count). The highest BCUT2D eigenvalue weighted by atomic mass is 16.5. The monoisotopic (exact) mass is 443 g/mol. The summed E-state index contributed by atoms with van der Waals surface area (Å²) in [6.07, 6.45) is 0.120. The number of ether oxygens (including phenoxy) is 1. The summed E-state index contributed by atoms with van der Waals surface area (Å²) in [5.74, 6) is -0.743. The Bertz CT molecular complexity index is 1190. The molecule has 1 atom stereocenters. The largest absolute Gasteiger partial charge is 0.495 e. The third-order valence-corrected chi connectivity index (χ3v) is 5.63. The van der Waals surface area contributed by atoms with Crippen molar-refractivity contribution in [1.29, 1.82) is 0 Å². The van der Waals surface area contributed by atoms with Crippen molar-refractivity contribution in [3.63, 3.8) is 0 Å². The average molecular weight is 444 g/mol. The van der Waals surface area contributed by atoms with E-state index in [-0.39, 0.29) is 24.1 Å². The standard InChI is InChI=1S/C26H25N3O4/c1-17-11-13-19(14-12-17)29-16-18(15-24(29)30)25(31)27-21-8-4-3-7-20(21)26(32)28-22-9-5-6-10-23(22)33-2/h3-14,18H,15-16H2,1-2H3,(H,27,31)(H,28,32)/t18-/m1/s1. The fourth-order valence-electron chi connectivity index (χ4n) is 3.82. The highest BCUT2D eigenvalue weighted by molar-refractivity contribution is 6.11. The lowest BCUT2D eigenvalue weighted by molar-refractivity contribution is -0.122. The van der Waals surface area contributed by atoms with Crippen molar-refractivity contribution in [3.8, 4) is 5.75 Å². The molecule has 168 valence electrons. The number of methoxy groups -OCH3 is 1. The molecule has 7 nitrogen and oxygen atoms in total. The minimum atomic E-state index is -0.510. The van der Waals surface area contributed by atoms with E-state index in [1.807, 2.05) is 37.3 Å². The smallest absolute Gasteiger partial charge is 0.257 e. The molecule has 0 radical (unpaired) electrons. The Labute approximate surface area is 192 Å². The molecule has 1 aliphatic rings. The van der Waals surface area contributed by atoms with Crippen LogP contribution in [0, 0.1) is 12.8 Å². The molecule has 0 unspecified atom stereocenters. The second-order valence-corrected chi connectivity index (χ2v) is 7.93. The van der Waals surface area contributed by atoms with Gasteiger partial charge in [-0.25, -0.2) is 0 Å². The normalized spacial score (nSPS) is 15.3. The molecular weight excluding hydrogens is 418 g/mol. The molecule has 0 saturated carbocycles. The van der Waals surface area contributed by atoms with Gasteiger partial charge in [0.05, 0.1) is 30.0 Å². The van der Waals surface area contributed by atoms with E-state index >= 15 is 0 Å². The number of benzene rings is 3. The van der Waals surface area contributed by atoms with E-state index in [4.69, 9.17) is 4.74 Å². The fourth-order valence-corrected chi connectivity index (χ4v) is 3.82. The quantitative estimate of drug-likeness (QED) is 0.596. The van der Waals surface area contributed by atoms with E-state index in [2.05, 4.69) is 10.6 Å². The first kappa shape index (κ1) is 22.1. The number of aryl methyl sites for hydroxylation is 1. The summed E-state index contributed by atoms with van der Waals surface area (Å²) in [6, 6.07) is 21.5. The van der Waals surface area contributed by atoms with Gasteiger partial charge in [0.25, 0.3) is 5.91 Å². The van der Waals surface area contributed by atoms with Gasteiger partial charge in [0.1, 0.15) is 5.75 Å². The predicted molar refractivity (Wildman–Crippen MR) is 128 cm³/mol. The van der Waals surface area contributed by atoms with Gasteiger partial charge in [-0.15, -0.1) is 0 Å². The molecule has 1 fully saturated rings. The Balaban J connectivity index is 1.47. The number of amides is 3. The number of carbonyl (C=O) groups is 3. The lowest BCUT2D eigenvalue weighted by atomic mass is 10.1. The van der Waals surface area contributed by atoms with E-state index in [0.29, 0.717) is 29.2 Å². The number of para-hydroxylation sites is 3. The van der Waals surface area contributed by atoms with Crippen molar-refractivity contribution in [2.45, 2.75) is 13.3 Å². The van der Waals surface area contributed by atoms with Crippen LogP contribution in [0.3, 0.4) is 0 Å². The average Bonchev–Trinajstić information content (AvgIpc) is 3.22. The van der Waals surface area contributed by atoms with Crippen molar-refractivity contribution in [3.05, 3.63) is 83.9 Å². The van der Waals surface area contributed by atoms with Crippen LogP contribution in [0.25, 0.3) is 0 Å². The van der Waals surface area contributed by atoms with E-state index in [1.165, 1.54) is 7.11 Å². The van der Waals surface area contributed by atoms with Gasteiger partial charge in [-0.05, 0) is 43.3 Å². The summed E-state index contributed by atoms with van der Waals surface area (Å²) in [5.41, 5.74) is 3.11. The first-order valence-corrected chi connectivity index (χ1v) is 10.7. The molecule has 1 heterocycles. The molecule has 1 aliphatic heterocycles. The van der Waals surface area contributed by atoms with Crippen LogP contribution in [0.4, 0.5) is 17.1 Å². The molecule has 3 aromatic rings.